The third kappa shape index (κ3) is 21.7. The molecule has 17 heteroatoms. The second-order valence-corrected chi connectivity index (χ2v) is 8.97. The quantitative estimate of drug-likeness (QED) is 0.147. The Labute approximate surface area is 237 Å². The first-order valence-corrected chi connectivity index (χ1v) is 13.3. The average molecular weight is 638 g/mol. The summed E-state index contributed by atoms with van der Waals surface area (Å²) in [6.45, 7) is 5.43. The third-order valence-corrected chi connectivity index (χ3v) is 4.40. The van der Waals surface area contributed by atoms with Crippen molar-refractivity contribution in [1.82, 2.24) is 16.0 Å². The summed E-state index contributed by atoms with van der Waals surface area (Å²) in [5.41, 5.74) is 2.16. The Morgan fingerprint density at radius 1 is 0.632 bits per heavy atom. The Bertz CT molecular complexity index is 810. The van der Waals surface area contributed by atoms with Gasteiger partial charge in [-0.05, 0) is 12.1 Å². The van der Waals surface area contributed by atoms with Crippen molar-refractivity contribution in [2.24, 2.45) is 0 Å². The van der Waals surface area contributed by atoms with E-state index in [1.54, 1.807) is 0 Å². The molecule has 0 aromatic heterocycles. The summed E-state index contributed by atoms with van der Waals surface area (Å²) in [7, 11) is -9.39. The molecular formula is C21H31Cl2N3O11Zn. The number of hydrogen-bond donors (Lipinski definition) is 6. The summed E-state index contributed by atoms with van der Waals surface area (Å²) in [4.78, 5) is 0. The predicted octanol–water partition coefficient (Wildman–Crippen LogP) is -6.96. The van der Waals surface area contributed by atoms with Crippen LogP contribution in [0.4, 0.5) is 0 Å². The second kappa shape index (κ2) is 19.8. The molecule has 0 fully saturated rings. The topological polar surface area (TPSA) is 254 Å². The summed E-state index contributed by atoms with van der Waals surface area (Å²) in [5.74, 6) is 1.59. The van der Waals surface area contributed by atoms with Crippen molar-refractivity contribution >= 4 is 0 Å². The predicted molar refractivity (Wildman–Crippen MR) is 111 cm³/mol. The van der Waals surface area contributed by atoms with E-state index >= 15 is 0 Å². The molecule has 0 spiro atoms. The van der Waals surface area contributed by atoms with E-state index in [-0.39, 0.29) is 32.7 Å². The molecule has 14 nitrogen and oxygen atoms in total. The van der Waals surface area contributed by atoms with E-state index in [2.05, 4.69) is 16.0 Å². The van der Waals surface area contributed by atoms with E-state index in [1.165, 1.54) is 0 Å². The van der Waals surface area contributed by atoms with Crippen LogP contribution in [0.15, 0.2) is 48.5 Å². The van der Waals surface area contributed by atoms with Gasteiger partial charge >= 0.3 is 0 Å². The molecule has 2 aromatic rings. The maximum absolute atomic E-state index is 10.3. The molecule has 1 aliphatic rings. The number of nitrogens with one attached hydrogen (secondary N) is 3. The van der Waals surface area contributed by atoms with Gasteiger partial charge in [-0.3, -0.25) is 0 Å². The smallest absolute Gasteiger partial charge is 0.123 e. The van der Waals surface area contributed by atoms with Gasteiger partial charge < -0.3 is 30.5 Å². The maximum Gasteiger partial charge on any atom is 0.123 e. The Hall–Kier alpha value is -1.24. The number of fused-ring (bicyclic) bond motifs is 2. The standard InChI is InChI=1S/C21H29N3O3.2ClHO4.Zn/c25-19-15-26-20-7-3-1-5-17(20)13-23-11-9-22-10-12-24-14-18-6-2-4-8-21(18)27-16-19;2*2-1(3,4)5;/h1-8,19,22-25H,9-16H2;2*(H,2,3,4,5);. The van der Waals surface area contributed by atoms with Crippen LogP contribution in [-0.4, -0.2) is 59.9 Å². The fourth-order valence-electron chi connectivity index (χ4n) is 2.93. The van der Waals surface area contributed by atoms with Crippen LogP contribution in [0, 0.1) is 20.5 Å². The number of benzene rings is 2. The molecule has 1 aliphatic heterocycles. The van der Waals surface area contributed by atoms with Crippen molar-refractivity contribution in [3.05, 3.63) is 59.7 Å². The third-order valence-electron chi connectivity index (χ3n) is 4.40. The summed E-state index contributed by atoms with van der Waals surface area (Å²) < 4.78 is 77.1. The molecule has 0 amide bonds. The van der Waals surface area contributed by atoms with E-state index in [1.807, 2.05) is 48.5 Å². The molecule has 38 heavy (non-hydrogen) atoms. The number of para-hydroxylation sites is 2. The monoisotopic (exact) mass is 635 g/mol. The van der Waals surface area contributed by atoms with E-state index < -0.39 is 26.6 Å². The molecular weight excluding hydrogens is 607 g/mol. The van der Waals surface area contributed by atoms with Crippen molar-refractivity contribution in [1.29, 1.82) is 0 Å². The van der Waals surface area contributed by atoms with E-state index in [0.29, 0.717) is 0 Å². The SMILES string of the molecule is OC1COc2ccccc2CNCCNCCNCc2ccccc2OC1.[O-][Cl+3]([O-])([O-])O.[O-][Cl+3]([O-])([O-])O.[Zn]. The van der Waals surface area contributed by atoms with Crippen LogP contribution in [-0.2, 0) is 32.6 Å². The minimum absolute atomic E-state index is 0. The van der Waals surface area contributed by atoms with E-state index in [9.17, 15) is 5.11 Å². The molecule has 0 radical (unpaired) electrons. The number of halogens is 2. The first-order chi connectivity index (χ1) is 17.3. The zero-order valence-corrected chi connectivity index (χ0v) is 24.9. The van der Waals surface area contributed by atoms with Gasteiger partial charge in [-0.2, -0.15) is 28.0 Å². The first-order valence-electron chi connectivity index (χ1n) is 10.8. The van der Waals surface area contributed by atoms with Crippen LogP contribution < -0.4 is 53.4 Å². The van der Waals surface area contributed by atoms with Crippen LogP contribution >= 0.6 is 0 Å². The van der Waals surface area contributed by atoms with Gasteiger partial charge in [0.05, 0.1) is 29.8 Å². The minimum atomic E-state index is -4.69. The fraction of sp³-hybridized carbons (Fsp3) is 0.429. The second-order valence-electron chi connectivity index (χ2n) is 7.39. The summed E-state index contributed by atoms with van der Waals surface area (Å²) in [5, 5.41) is 20.5. The molecule has 212 valence electrons. The fourth-order valence-corrected chi connectivity index (χ4v) is 2.93. The Morgan fingerprint density at radius 2 is 0.947 bits per heavy atom. The van der Waals surface area contributed by atoms with Gasteiger partial charge in [0.15, 0.2) is 0 Å². The maximum atomic E-state index is 10.3. The molecule has 0 atom stereocenters. The Morgan fingerprint density at radius 3 is 1.32 bits per heavy atom. The number of aliphatic hydroxyl groups is 1. The number of aliphatic hydroxyl groups excluding tert-OH is 1. The minimum Gasteiger partial charge on any atom is -0.490 e. The Kier molecular flexibility index (Phi) is 19.1. The van der Waals surface area contributed by atoms with Gasteiger partial charge in [0, 0.05) is 69.9 Å². The van der Waals surface area contributed by atoms with Crippen LogP contribution in [0.25, 0.3) is 0 Å². The van der Waals surface area contributed by atoms with Gasteiger partial charge in [-0.25, -0.2) is 0 Å². The molecule has 1 heterocycles. The van der Waals surface area contributed by atoms with Gasteiger partial charge in [0.2, 0.25) is 0 Å². The van der Waals surface area contributed by atoms with E-state index in [4.69, 9.17) is 46.7 Å². The Balaban J connectivity index is 0.00000107. The number of ether oxygens (including phenoxy) is 2. The molecule has 0 saturated carbocycles. The van der Waals surface area contributed by atoms with Crippen molar-refractivity contribution < 1.29 is 91.8 Å². The zero-order valence-electron chi connectivity index (χ0n) is 20.4. The van der Waals surface area contributed by atoms with Crippen LogP contribution in [0.2, 0.25) is 0 Å². The summed E-state index contributed by atoms with van der Waals surface area (Å²) in [6, 6.07) is 15.8. The normalized spacial score (nSPS) is 16.0. The zero-order chi connectivity index (χ0) is 27.7. The molecule has 0 saturated heterocycles. The summed E-state index contributed by atoms with van der Waals surface area (Å²) in [6.07, 6.45) is -0.699. The number of rotatable bonds is 0. The largest absolute Gasteiger partial charge is 0.490 e. The van der Waals surface area contributed by atoms with Crippen LogP contribution in [0.5, 0.6) is 11.5 Å². The molecule has 2 aromatic carbocycles. The molecule has 0 bridgehead atoms. The van der Waals surface area contributed by atoms with Crippen molar-refractivity contribution in [2.45, 2.75) is 19.2 Å². The van der Waals surface area contributed by atoms with Crippen molar-refractivity contribution in [3.8, 4) is 11.5 Å². The van der Waals surface area contributed by atoms with Crippen molar-refractivity contribution in [3.63, 3.8) is 0 Å². The molecule has 0 aliphatic carbocycles. The van der Waals surface area contributed by atoms with Gasteiger partial charge in [-0.1, -0.05) is 36.4 Å². The van der Waals surface area contributed by atoms with Crippen LogP contribution in [0.3, 0.4) is 0 Å². The number of hydrogen-bond acceptors (Lipinski definition) is 14. The molecule has 3 rings (SSSR count). The summed E-state index contributed by atoms with van der Waals surface area (Å²) >= 11 is 0. The van der Waals surface area contributed by atoms with Crippen molar-refractivity contribution in [2.75, 3.05) is 39.4 Å². The van der Waals surface area contributed by atoms with Gasteiger partial charge in [0.25, 0.3) is 0 Å². The molecule has 0 unspecified atom stereocenters. The van der Waals surface area contributed by atoms with Gasteiger partial charge in [-0.15, -0.1) is 0 Å². The van der Waals surface area contributed by atoms with Crippen LogP contribution in [0.1, 0.15) is 11.1 Å². The van der Waals surface area contributed by atoms with Gasteiger partial charge in [0.1, 0.15) is 30.8 Å². The molecule has 6 N–H and O–H groups in total. The average Bonchev–Trinajstić information content (AvgIpc) is 2.79. The first kappa shape index (κ1) is 36.8. The van der Waals surface area contributed by atoms with E-state index in [0.717, 1.165) is 61.9 Å².